The quantitative estimate of drug-likeness (QED) is 0.910. The lowest BCUT2D eigenvalue weighted by Gasteiger charge is -2.32. The number of piperidine rings is 1. The summed E-state index contributed by atoms with van der Waals surface area (Å²) in [5.41, 5.74) is 0. The van der Waals surface area contributed by atoms with Crippen molar-refractivity contribution in [1.82, 2.24) is 9.88 Å². The third-order valence-corrected chi connectivity index (χ3v) is 5.12. The number of fused-ring (bicyclic) bond motifs is 1. The predicted molar refractivity (Wildman–Crippen MR) is 71.1 cm³/mol. The van der Waals surface area contributed by atoms with Gasteiger partial charge in [0.15, 0.2) is 5.13 Å². The molecule has 88 valence electrons. The second-order valence-corrected chi connectivity index (χ2v) is 6.28. The van der Waals surface area contributed by atoms with Crippen molar-refractivity contribution in [3.05, 3.63) is 9.98 Å². The molecule has 2 atom stereocenters. The molecule has 16 heavy (non-hydrogen) atoms. The van der Waals surface area contributed by atoms with Crippen LogP contribution in [-0.2, 0) is 0 Å². The fraction of sp³-hybridized carbons (Fsp3) is 0.727. The van der Waals surface area contributed by atoms with Crippen molar-refractivity contribution in [1.29, 1.82) is 0 Å². The molecule has 3 rings (SSSR count). The van der Waals surface area contributed by atoms with Crippen molar-refractivity contribution >= 4 is 32.4 Å². The Morgan fingerprint density at radius 2 is 2.31 bits per heavy atom. The summed E-state index contributed by atoms with van der Waals surface area (Å²) < 4.78 is 0.943. The van der Waals surface area contributed by atoms with Gasteiger partial charge in [0.25, 0.3) is 0 Å². The van der Waals surface area contributed by atoms with Crippen molar-refractivity contribution < 1.29 is 0 Å². The normalized spacial score (nSPS) is 30.3. The van der Waals surface area contributed by atoms with Crippen molar-refractivity contribution in [2.24, 2.45) is 0 Å². The van der Waals surface area contributed by atoms with Crippen LogP contribution in [0.4, 0.5) is 5.13 Å². The van der Waals surface area contributed by atoms with Gasteiger partial charge >= 0.3 is 0 Å². The van der Waals surface area contributed by atoms with Crippen LogP contribution < -0.4 is 5.32 Å². The van der Waals surface area contributed by atoms with E-state index in [9.17, 15) is 0 Å². The summed E-state index contributed by atoms with van der Waals surface area (Å²) in [4.78, 5) is 7.06. The molecule has 0 amide bonds. The van der Waals surface area contributed by atoms with E-state index in [1.165, 1.54) is 38.8 Å². The molecule has 0 saturated carbocycles. The molecule has 2 saturated heterocycles. The SMILES string of the molecule is Brc1csc(NC2CCN3CCCCC23)n1. The summed E-state index contributed by atoms with van der Waals surface area (Å²) in [5, 5.41) is 6.69. The Balaban J connectivity index is 1.67. The van der Waals surface area contributed by atoms with Crippen LogP contribution in [0.2, 0.25) is 0 Å². The Labute approximate surface area is 108 Å². The van der Waals surface area contributed by atoms with Crippen molar-refractivity contribution in [3.8, 4) is 0 Å². The van der Waals surface area contributed by atoms with Crippen molar-refractivity contribution in [2.75, 3.05) is 18.4 Å². The smallest absolute Gasteiger partial charge is 0.184 e. The van der Waals surface area contributed by atoms with E-state index >= 15 is 0 Å². The first-order valence-corrected chi connectivity index (χ1v) is 7.62. The van der Waals surface area contributed by atoms with E-state index in [2.05, 4.69) is 31.1 Å². The van der Waals surface area contributed by atoms with Gasteiger partial charge < -0.3 is 5.32 Å². The van der Waals surface area contributed by atoms with Gasteiger partial charge in [0.2, 0.25) is 0 Å². The molecular formula is C11H16BrN3S. The van der Waals surface area contributed by atoms with Gasteiger partial charge in [-0.05, 0) is 41.7 Å². The third-order valence-electron chi connectivity index (χ3n) is 3.64. The number of nitrogens with one attached hydrogen (secondary N) is 1. The van der Waals surface area contributed by atoms with Gasteiger partial charge in [0.1, 0.15) is 4.60 Å². The van der Waals surface area contributed by atoms with E-state index < -0.39 is 0 Å². The lowest BCUT2D eigenvalue weighted by Crippen LogP contribution is -2.41. The highest BCUT2D eigenvalue weighted by Crippen LogP contribution is 2.30. The van der Waals surface area contributed by atoms with E-state index in [1.54, 1.807) is 11.3 Å². The Morgan fingerprint density at radius 1 is 1.38 bits per heavy atom. The van der Waals surface area contributed by atoms with Gasteiger partial charge in [-0.25, -0.2) is 4.98 Å². The minimum atomic E-state index is 0.610. The van der Waals surface area contributed by atoms with Crippen LogP contribution in [-0.4, -0.2) is 35.1 Å². The lowest BCUT2D eigenvalue weighted by atomic mass is 9.99. The molecule has 0 aliphatic carbocycles. The average Bonchev–Trinajstić information content (AvgIpc) is 2.87. The standard InChI is InChI=1S/C11H16BrN3S/c12-10-7-16-11(14-10)13-8-4-6-15-5-2-1-3-9(8)15/h7-9H,1-6H2,(H,13,14). The van der Waals surface area contributed by atoms with E-state index in [0.717, 1.165) is 15.8 Å². The highest BCUT2D eigenvalue weighted by molar-refractivity contribution is 9.10. The molecule has 1 aromatic rings. The van der Waals surface area contributed by atoms with Gasteiger partial charge in [-0.3, -0.25) is 4.90 Å². The number of thiazole rings is 1. The first-order valence-electron chi connectivity index (χ1n) is 5.94. The summed E-state index contributed by atoms with van der Waals surface area (Å²) in [6, 6.07) is 1.36. The first kappa shape index (κ1) is 11.0. The topological polar surface area (TPSA) is 28.2 Å². The maximum Gasteiger partial charge on any atom is 0.184 e. The van der Waals surface area contributed by atoms with E-state index in [1.807, 2.05) is 5.38 Å². The fourth-order valence-electron chi connectivity index (χ4n) is 2.89. The molecular weight excluding hydrogens is 286 g/mol. The Morgan fingerprint density at radius 3 is 3.12 bits per heavy atom. The van der Waals surface area contributed by atoms with Crippen LogP contribution in [0.5, 0.6) is 0 Å². The molecule has 2 fully saturated rings. The minimum absolute atomic E-state index is 0.610. The largest absolute Gasteiger partial charge is 0.357 e. The summed E-state index contributed by atoms with van der Waals surface area (Å²) in [5.74, 6) is 0. The molecule has 3 heterocycles. The highest BCUT2D eigenvalue weighted by Gasteiger charge is 2.35. The molecule has 0 bridgehead atoms. The monoisotopic (exact) mass is 301 g/mol. The van der Waals surface area contributed by atoms with Gasteiger partial charge in [-0.1, -0.05) is 6.42 Å². The van der Waals surface area contributed by atoms with Crippen molar-refractivity contribution in [2.45, 2.75) is 37.8 Å². The number of nitrogens with zero attached hydrogens (tertiary/aromatic N) is 2. The Hall–Kier alpha value is -0.130. The summed E-state index contributed by atoms with van der Waals surface area (Å²) >= 11 is 5.09. The molecule has 5 heteroatoms. The molecule has 3 nitrogen and oxygen atoms in total. The zero-order chi connectivity index (χ0) is 11.0. The molecule has 0 radical (unpaired) electrons. The summed E-state index contributed by atoms with van der Waals surface area (Å²) in [6.45, 7) is 2.55. The zero-order valence-electron chi connectivity index (χ0n) is 9.16. The number of rotatable bonds is 2. The molecule has 1 aromatic heterocycles. The third kappa shape index (κ3) is 2.13. The van der Waals surface area contributed by atoms with E-state index in [-0.39, 0.29) is 0 Å². The second kappa shape index (κ2) is 4.63. The maximum absolute atomic E-state index is 4.42. The average molecular weight is 302 g/mol. The first-order chi connectivity index (χ1) is 7.83. The van der Waals surface area contributed by atoms with Crippen molar-refractivity contribution in [3.63, 3.8) is 0 Å². The van der Waals surface area contributed by atoms with E-state index in [0.29, 0.717) is 6.04 Å². The molecule has 2 unspecified atom stereocenters. The fourth-order valence-corrected chi connectivity index (χ4v) is 4.10. The molecule has 1 N–H and O–H groups in total. The lowest BCUT2D eigenvalue weighted by molar-refractivity contribution is 0.193. The zero-order valence-corrected chi connectivity index (χ0v) is 11.6. The van der Waals surface area contributed by atoms with Crippen LogP contribution in [0.3, 0.4) is 0 Å². The van der Waals surface area contributed by atoms with Crippen LogP contribution >= 0.6 is 27.3 Å². The van der Waals surface area contributed by atoms with Crippen LogP contribution in [0.1, 0.15) is 25.7 Å². The molecule has 0 spiro atoms. The van der Waals surface area contributed by atoms with Gasteiger partial charge in [0.05, 0.1) is 0 Å². The predicted octanol–water partition coefficient (Wildman–Crippen LogP) is 2.94. The van der Waals surface area contributed by atoms with Gasteiger partial charge in [0, 0.05) is 24.0 Å². The van der Waals surface area contributed by atoms with Crippen LogP contribution in [0.15, 0.2) is 9.98 Å². The minimum Gasteiger partial charge on any atom is -0.357 e. The number of hydrogen-bond donors (Lipinski definition) is 1. The van der Waals surface area contributed by atoms with Gasteiger partial charge in [-0.15, -0.1) is 11.3 Å². The molecule has 2 aliphatic rings. The number of anilines is 1. The van der Waals surface area contributed by atoms with Crippen LogP contribution in [0, 0.1) is 0 Å². The van der Waals surface area contributed by atoms with E-state index in [4.69, 9.17) is 0 Å². The summed E-state index contributed by atoms with van der Waals surface area (Å²) in [7, 11) is 0. The van der Waals surface area contributed by atoms with Gasteiger partial charge in [-0.2, -0.15) is 0 Å². The summed E-state index contributed by atoms with van der Waals surface area (Å²) in [6.07, 6.45) is 5.39. The Bertz CT molecular complexity index is 368. The highest BCUT2D eigenvalue weighted by atomic mass is 79.9. The maximum atomic E-state index is 4.42. The Kier molecular flexibility index (Phi) is 3.18. The molecule has 2 aliphatic heterocycles. The number of hydrogen-bond acceptors (Lipinski definition) is 4. The second-order valence-electron chi connectivity index (χ2n) is 4.61. The number of halogens is 1. The molecule has 0 aromatic carbocycles. The number of aromatic nitrogens is 1. The van der Waals surface area contributed by atoms with Crippen LogP contribution in [0.25, 0.3) is 0 Å².